The molecule has 0 aliphatic rings. The molecule has 0 fully saturated rings. The number of benzene rings is 1. The van der Waals surface area contributed by atoms with Crippen LogP contribution in [0.5, 0.6) is 0 Å². The summed E-state index contributed by atoms with van der Waals surface area (Å²) in [5.74, 6) is 0. The van der Waals surface area contributed by atoms with E-state index in [9.17, 15) is 8.42 Å². The van der Waals surface area contributed by atoms with Gasteiger partial charge in [-0.25, -0.2) is 13.1 Å². The number of hydrogen-bond acceptors (Lipinski definition) is 3. The zero-order valence-corrected chi connectivity index (χ0v) is 13.6. The van der Waals surface area contributed by atoms with Crippen molar-refractivity contribution in [2.24, 2.45) is 0 Å². The Morgan fingerprint density at radius 1 is 1.21 bits per heavy atom. The summed E-state index contributed by atoms with van der Waals surface area (Å²) in [6.07, 6.45) is 0.704. The molecule has 1 heterocycles. The third-order valence-corrected chi connectivity index (χ3v) is 6.31. The van der Waals surface area contributed by atoms with Gasteiger partial charge in [0.25, 0.3) is 10.0 Å². The lowest BCUT2D eigenvalue weighted by Crippen LogP contribution is -2.27. The van der Waals surface area contributed by atoms with Crippen LogP contribution in [0.1, 0.15) is 24.9 Å². The molecule has 0 bridgehead atoms. The molecule has 6 heteroatoms. The number of halogens is 1. The Kier molecular flexibility index (Phi) is 4.78. The summed E-state index contributed by atoms with van der Waals surface area (Å²) >= 11 is 4.49. The van der Waals surface area contributed by atoms with Crippen LogP contribution in [0.25, 0.3) is 0 Å². The molecule has 0 aliphatic heterocycles. The highest BCUT2D eigenvalue weighted by molar-refractivity contribution is 9.11. The predicted octanol–water partition coefficient (Wildman–Crippen LogP) is 3.94. The highest BCUT2D eigenvalue weighted by Crippen LogP contribution is 2.27. The minimum Gasteiger partial charge on any atom is -0.206 e. The molecule has 0 aliphatic carbocycles. The summed E-state index contributed by atoms with van der Waals surface area (Å²) in [4.78, 5) is 0. The highest BCUT2D eigenvalue weighted by atomic mass is 79.9. The Labute approximate surface area is 125 Å². The maximum Gasteiger partial charge on any atom is 0.250 e. The highest BCUT2D eigenvalue weighted by Gasteiger charge is 2.21. The summed E-state index contributed by atoms with van der Waals surface area (Å²) in [7, 11) is -3.46. The normalized spacial score (nSPS) is 13.4. The molecule has 102 valence electrons. The average Bonchev–Trinajstić information content (AvgIpc) is 2.85. The summed E-state index contributed by atoms with van der Waals surface area (Å²) < 4.78 is 28.4. The molecule has 0 radical (unpaired) electrons. The van der Waals surface area contributed by atoms with E-state index in [-0.39, 0.29) is 6.04 Å². The van der Waals surface area contributed by atoms with Gasteiger partial charge in [0.15, 0.2) is 0 Å². The molecule has 19 heavy (non-hydrogen) atoms. The van der Waals surface area contributed by atoms with Gasteiger partial charge in [-0.1, -0.05) is 37.3 Å². The molecule has 0 saturated carbocycles. The van der Waals surface area contributed by atoms with E-state index in [0.717, 1.165) is 9.35 Å². The Bertz CT molecular complexity index is 638. The van der Waals surface area contributed by atoms with Crippen molar-refractivity contribution in [1.29, 1.82) is 0 Å². The summed E-state index contributed by atoms with van der Waals surface area (Å²) in [6.45, 7) is 1.96. The molecule has 0 amide bonds. The van der Waals surface area contributed by atoms with Crippen molar-refractivity contribution in [1.82, 2.24) is 4.72 Å². The van der Waals surface area contributed by atoms with Crippen molar-refractivity contribution in [2.75, 3.05) is 0 Å². The lowest BCUT2D eigenvalue weighted by molar-refractivity contribution is 0.552. The number of sulfonamides is 1. The Hall–Kier alpha value is -0.690. The topological polar surface area (TPSA) is 46.2 Å². The van der Waals surface area contributed by atoms with Gasteiger partial charge in [0, 0.05) is 6.04 Å². The van der Waals surface area contributed by atoms with Gasteiger partial charge in [-0.15, -0.1) is 11.3 Å². The molecule has 0 saturated heterocycles. The van der Waals surface area contributed by atoms with Gasteiger partial charge in [-0.2, -0.15) is 0 Å². The van der Waals surface area contributed by atoms with Crippen molar-refractivity contribution in [2.45, 2.75) is 23.6 Å². The second-order valence-electron chi connectivity index (χ2n) is 4.05. The number of thiophene rings is 1. The van der Waals surface area contributed by atoms with Crippen LogP contribution >= 0.6 is 27.3 Å². The maximum atomic E-state index is 12.3. The lowest BCUT2D eigenvalue weighted by atomic mass is 10.1. The van der Waals surface area contributed by atoms with Crippen LogP contribution in [0, 0.1) is 0 Å². The van der Waals surface area contributed by atoms with Crippen LogP contribution < -0.4 is 4.72 Å². The lowest BCUT2D eigenvalue weighted by Gasteiger charge is -2.16. The van der Waals surface area contributed by atoms with E-state index in [1.807, 2.05) is 37.3 Å². The Balaban J connectivity index is 2.23. The van der Waals surface area contributed by atoms with E-state index < -0.39 is 10.0 Å². The predicted molar refractivity (Wildman–Crippen MR) is 81.8 cm³/mol. The summed E-state index contributed by atoms with van der Waals surface area (Å²) in [6, 6.07) is 12.7. The smallest absolute Gasteiger partial charge is 0.206 e. The number of nitrogens with one attached hydrogen (secondary N) is 1. The fourth-order valence-corrected chi connectivity index (χ4v) is 5.09. The number of rotatable bonds is 5. The molecule has 1 N–H and O–H groups in total. The van der Waals surface area contributed by atoms with Gasteiger partial charge < -0.3 is 0 Å². The molecule has 2 rings (SSSR count). The molecule has 1 aromatic heterocycles. The fraction of sp³-hybridized carbons (Fsp3) is 0.231. The van der Waals surface area contributed by atoms with Crippen LogP contribution in [0.2, 0.25) is 0 Å². The molecule has 2 aromatic rings. The van der Waals surface area contributed by atoms with Crippen LogP contribution in [-0.4, -0.2) is 8.42 Å². The molecular weight excluding hydrogens is 346 g/mol. The molecule has 0 spiro atoms. The summed E-state index contributed by atoms with van der Waals surface area (Å²) in [5, 5.41) is 0. The van der Waals surface area contributed by atoms with E-state index in [2.05, 4.69) is 20.7 Å². The monoisotopic (exact) mass is 359 g/mol. The van der Waals surface area contributed by atoms with E-state index in [0.29, 0.717) is 10.6 Å². The zero-order chi connectivity index (χ0) is 13.9. The molecule has 1 aromatic carbocycles. The van der Waals surface area contributed by atoms with Crippen LogP contribution in [0.4, 0.5) is 0 Å². The minimum atomic E-state index is -3.46. The zero-order valence-electron chi connectivity index (χ0n) is 10.3. The SMILES string of the molecule is CC[C@H](NS(=O)(=O)c1ccc(Br)s1)c1ccccc1. The Morgan fingerprint density at radius 3 is 2.42 bits per heavy atom. The largest absolute Gasteiger partial charge is 0.250 e. The second-order valence-corrected chi connectivity index (χ2v) is 8.46. The van der Waals surface area contributed by atoms with Crippen molar-refractivity contribution in [3.8, 4) is 0 Å². The van der Waals surface area contributed by atoms with Crippen LogP contribution in [-0.2, 0) is 10.0 Å². The average molecular weight is 360 g/mol. The van der Waals surface area contributed by atoms with Crippen molar-refractivity contribution in [3.05, 3.63) is 51.8 Å². The summed E-state index contributed by atoms with van der Waals surface area (Å²) in [5.41, 5.74) is 0.976. The van der Waals surface area contributed by atoms with Gasteiger partial charge >= 0.3 is 0 Å². The number of hydrogen-bond donors (Lipinski definition) is 1. The fourth-order valence-electron chi connectivity index (χ4n) is 1.76. The van der Waals surface area contributed by atoms with Gasteiger partial charge in [-0.05, 0) is 40.0 Å². The van der Waals surface area contributed by atoms with Gasteiger partial charge in [0.1, 0.15) is 4.21 Å². The van der Waals surface area contributed by atoms with E-state index in [4.69, 9.17) is 0 Å². The molecule has 1 atom stereocenters. The first-order chi connectivity index (χ1) is 9.03. The van der Waals surface area contributed by atoms with Crippen molar-refractivity contribution < 1.29 is 8.42 Å². The molecular formula is C13H14BrNO2S2. The molecule has 0 unspecified atom stereocenters. The van der Waals surface area contributed by atoms with Gasteiger partial charge in [-0.3, -0.25) is 0 Å². The van der Waals surface area contributed by atoms with Gasteiger partial charge in [0.05, 0.1) is 3.79 Å². The standard InChI is InChI=1S/C13H14BrNO2S2/c1-2-11(10-6-4-3-5-7-10)15-19(16,17)13-9-8-12(14)18-13/h3-9,11,15H,2H2,1H3/t11-/m0/s1. The van der Waals surface area contributed by atoms with E-state index in [1.165, 1.54) is 11.3 Å². The molecule has 3 nitrogen and oxygen atoms in total. The maximum absolute atomic E-state index is 12.3. The first-order valence-electron chi connectivity index (χ1n) is 5.85. The van der Waals surface area contributed by atoms with Gasteiger partial charge in [0.2, 0.25) is 0 Å². The second kappa shape index (κ2) is 6.17. The van der Waals surface area contributed by atoms with Crippen LogP contribution in [0.3, 0.4) is 0 Å². The first-order valence-corrected chi connectivity index (χ1v) is 8.95. The van der Waals surface area contributed by atoms with Crippen molar-refractivity contribution >= 4 is 37.3 Å². The van der Waals surface area contributed by atoms with Crippen LogP contribution in [0.15, 0.2) is 50.5 Å². The first kappa shape index (κ1) is 14.7. The van der Waals surface area contributed by atoms with Crippen molar-refractivity contribution in [3.63, 3.8) is 0 Å². The van der Waals surface area contributed by atoms with E-state index in [1.54, 1.807) is 12.1 Å². The quantitative estimate of drug-likeness (QED) is 0.878. The Morgan fingerprint density at radius 2 is 1.89 bits per heavy atom. The minimum absolute atomic E-state index is 0.202. The third-order valence-electron chi connectivity index (χ3n) is 2.72. The third kappa shape index (κ3) is 3.66. The van der Waals surface area contributed by atoms with E-state index >= 15 is 0 Å².